The van der Waals surface area contributed by atoms with E-state index in [1.54, 1.807) is 0 Å². The third-order valence-electron chi connectivity index (χ3n) is 2.32. The Morgan fingerprint density at radius 2 is 1.14 bits per heavy atom. The fourth-order valence-electron chi connectivity index (χ4n) is 1.59. The lowest BCUT2D eigenvalue weighted by atomic mass is 10.0. The van der Waals surface area contributed by atoms with Gasteiger partial charge in [-0.3, -0.25) is 4.79 Å². The minimum atomic E-state index is -0.215. The maximum Gasteiger partial charge on any atom is 0.234 e. The van der Waals surface area contributed by atoms with E-state index in [1.807, 2.05) is 80.7 Å². The molecule has 1 aromatic carbocycles. The lowest BCUT2D eigenvalue weighted by Crippen LogP contribution is -2.27. The van der Waals surface area contributed by atoms with Gasteiger partial charge in [0.05, 0.1) is 11.2 Å². The van der Waals surface area contributed by atoms with Gasteiger partial charge in [0.2, 0.25) is 6.29 Å². The van der Waals surface area contributed by atoms with Crippen LogP contribution in [0.4, 0.5) is 0 Å². The first-order chi connectivity index (χ1) is 9.35. The first-order valence-electron chi connectivity index (χ1n) is 7.18. The molecular weight excluding hydrogens is 264 g/mol. The van der Waals surface area contributed by atoms with Crippen molar-refractivity contribution in [2.24, 2.45) is 0 Å². The van der Waals surface area contributed by atoms with Gasteiger partial charge in [-0.1, -0.05) is 17.7 Å². The standard InChI is InChI=1S/C10H11O.C8H18O2/c1-7-4-8(2)10(6-11)9(3)5-7;1-7(2,3)9-10-8(4,5)6/h4-5H,1-3H3;1-6H3. The smallest absolute Gasteiger partial charge is 0.234 e. The fraction of sp³-hybridized carbons (Fsp3) is 0.611. The van der Waals surface area contributed by atoms with Crippen LogP contribution in [0, 0.1) is 20.8 Å². The third-order valence-corrected chi connectivity index (χ3v) is 2.32. The number of benzene rings is 1. The van der Waals surface area contributed by atoms with Gasteiger partial charge in [-0.2, -0.15) is 0 Å². The van der Waals surface area contributed by atoms with Gasteiger partial charge >= 0.3 is 0 Å². The van der Waals surface area contributed by atoms with E-state index in [2.05, 4.69) is 0 Å². The summed E-state index contributed by atoms with van der Waals surface area (Å²) in [5.41, 5.74) is 3.49. The van der Waals surface area contributed by atoms with Gasteiger partial charge in [0.15, 0.2) is 0 Å². The highest BCUT2D eigenvalue weighted by Crippen LogP contribution is 2.15. The van der Waals surface area contributed by atoms with Crippen LogP contribution in [0.5, 0.6) is 0 Å². The molecule has 0 aliphatic rings. The van der Waals surface area contributed by atoms with Crippen molar-refractivity contribution in [3.63, 3.8) is 0 Å². The molecule has 0 heterocycles. The molecule has 1 aromatic rings. The minimum Gasteiger partial charge on any atom is -0.285 e. The van der Waals surface area contributed by atoms with Crippen LogP contribution >= 0.6 is 0 Å². The molecule has 0 bridgehead atoms. The van der Waals surface area contributed by atoms with Crippen molar-refractivity contribution >= 4 is 6.29 Å². The third kappa shape index (κ3) is 9.38. The maximum atomic E-state index is 10.4. The van der Waals surface area contributed by atoms with Crippen LogP contribution < -0.4 is 0 Å². The van der Waals surface area contributed by atoms with Crippen LogP contribution in [0.2, 0.25) is 0 Å². The molecule has 0 aromatic heterocycles. The van der Waals surface area contributed by atoms with E-state index in [1.165, 1.54) is 5.56 Å². The highest BCUT2D eigenvalue weighted by Gasteiger charge is 2.18. The Kier molecular flexibility index (Phi) is 7.28. The molecule has 0 aliphatic carbocycles. The number of aryl methyl sites for hydroxylation is 3. The highest BCUT2D eigenvalue weighted by molar-refractivity contribution is 5.80. The summed E-state index contributed by atoms with van der Waals surface area (Å²) in [7, 11) is 0. The molecule has 1 radical (unpaired) electrons. The summed E-state index contributed by atoms with van der Waals surface area (Å²) < 4.78 is 0. The van der Waals surface area contributed by atoms with Gasteiger partial charge in [0, 0.05) is 5.56 Å². The fourth-order valence-corrected chi connectivity index (χ4v) is 1.59. The van der Waals surface area contributed by atoms with Crippen molar-refractivity contribution in [3.8, 4) is 0 Å². The Hall–Kier alpha value is -1.19. The SMILES string of the molecule is CC(C)(C)OOC(C)(C)C.Cc1cc(C)c([C]=O)c(C)c1. The van der Waals surface area contributed by atoms with E-state index < -0.39 is 0 Å². The molecule has 0 saturated heterocycles. The first kappa shape index (κ1) is 19.8. The summed E-state index contributed by atoms with van der Waals surface area (Å²) in [6.45, 7) is 17.6. The monoisotopic (exact) mass is 293 g/mol. The summed E-state index contributed by atoms with van der Waals surface area (Å²) >= 11 is 0. The Labute approximate surface area is 129 Å². The van der Waals surface area contributed by atoms with E-state index >= 15 is 0 Å². The van der Waals surface area contributed by atoms with Gasteiger partial charge in [-0.25, -0.2) is 9.78 Å². The second-order valence-corrected chi connectivity index (χ2v) is 7.27. The lowest BCUT2D eigenvalue weighted by molar-refractivity contribution is -0.393. The quantitative estimate of drug-likeness (QED) is 0.590. The molecule has 0 amide bonds. The van der Waals surface area contributed by atoms with Crippen molar-refractivity contribution in [1.29, 1.82) is 0 Å². The molecule has 0 saturated carbocycles. The van der Waals surface area contributed by atoms with E-state index in [-0.39, 0.29) is 11.2 Å². The van der Waals surface area contributed by atoms with Gasteiger partial charge in [0.25, 0.3) is 0 Å². The summed E-state index contributed by atoms with van der Waals surface area (Å²) in [4.78, 5) is 20.6. The van der Waals surface area contributed by atoms with Crippen molar-refractivity contribution in [2.75, 3.05) is 0 Å². The van der Waals surface area contributed by atoms with Gasteiger partial charge in [0.1, 0.15) is 0 Å². The molecular formula is C18H29O3. The molecule has 0 aliphatic heterocycles. The Morgan fingerprint density at radius 3 is 1.38 bits per heavy atom. The average molecular weight is 293 g/mol. The molecule has 1 rings (SSSR count). The summed E-state index contributed by atoms with van der Waals surface area (Å²) in [6, 6.07) is 3.99. The highest BCUT2D eigenvalue weighted by atomic mass is 17.2. The van der Waals surface area contributed by atoms with Crippen molar-refractivity contribution in [2.45, 2.75) is 73.5 Å². The lowest BCUT2D eigenvalue weighted by Gasteiger charge is -2.24. The second kappa shape index (κ2) is 7.71. The van der Waals surface area contributed by atoms with Crippen LogP contribution in [0.3, 0.4) is 0 Å². The Balaban J connectivity index is 0.000000384. The first-order valence-corrected chi connectivity index (χ1v) is 7.18. The molecule has 0 unspecified atom stereocenters. The predicted octanol–water partition coefficient (Wildman–Crippen LogP) is 4.60. The van der Waals surface area contributed by atoms with E-state index in [9.17, 15) is 4.79 Å². The number of carbonyl (C=O) groups excluding carboxylic acids is 1. The zero-order valence-corrected chi connectivity index (χ0v) is 14.9. The van der Waals surface area contributed by atoms with Gasteiger partial charge in [-0.15, -0.1) is 0 Å². The van der Waals surface area contributed by atoms with E-state index in [0.29, 0.717) is 5.56 Å². The molecule has 21 heavy (non-hydrogen) atoms. The molecule has 0 fully saturated rings. The molecule has 0 N–H and O–H groups in total. The minimum absolute atomic E-state index is 0.215. The van der Waals surface area contributed by atoms with E-state index in [4.69, 9.17) is 9.78 Å². The zero-order chi connectivity index (χ0) is 16.8. The second-order valence-electron chi connectivity index (χ2n) is 7.27. The average Bonchev–Trinajstić information content (AvgIpc) is 2.25. The number of rotatable bonds is 2. The van der Waals surface area contributed by atoms with Crippen molar-refractivity contribution < 1.29 is 14.6 Å². The Bertz CT molecular complexity index is 425. The maximum absolute atomic E-state index is 10.4. The molecule has 3 nitrogen and oxygen atoms in total. The largest absolute Gasteiger partial charge is 0.285 e. The molecule has 3 heteroatoms. The number of hydrogen-bond acceptors (Lipinski definition) is 3. The van der Waals surface area contributed by atoms with Gasteiger partial charge < -0.3 is 0 Å². The molecule has 0 atom stereocenters. The molecule has 0 spiro atoms. The summed E-state index contributed by atoms with van der Waals surface area (Å²) in [5.74, 6) is 0. The van der Waals surface area contributed by atoms with Crippen molar-refractivity contribution in [3.05, 3.63) is 34.4 Å². The zero-order valence-electron chi connectivity index (χ0n) is 14.9. The Morgan fingerprint density at radius 1 is 0.810 bits per heavy atom. The summed E-state index contributed by atoms with van der Waals surface area (Å²) in [5, 5.41) is 0. The van der Waals surface area contributed by atoms with Gasteiger partial charge in [-0.05, 0) is 73.4 Å². The van der Waals surface area contributed by atoms with Crippen LogP contribution in [-0.4, -0.2) is 17.5 Å². The normalized spacial score (nSPS) is 11.7. The number of hydrogen-bond donors (Lipinski definition) is 0. The predicted molar refractivity (Wildman–Crippen MR) is 87.1 cm³/mol. The van der Waals surface area contributed by atoms with Crippen molar-refractivity contribution in [1.82, 2.24) is 0 Å². The topological polar surface area (TPSA) is 35.5 Å². The van der Waals surface area contributed by atoms with Crippen LogP contribution in [0.25, 0.3) is 0 Å². The van der Waals surface area contributed by atoms with Crippen LogP contribution in [0.1, 0.15) is 63.8 Å². The van der Waals surface area contributed by atoms with E-state index in [0.717, 1.165) is 11.1 Å². The van der Waals surface area contributed by atoms with Crippen LogP contribution in [-0.2, 0) is 14.6 Å². The molecule has 119 valence electrons. The summed E-state index contributed by atoms with van der Waals surface area (Å²) in [6.07, 6.45) is 1.94. The van der Waals surface area contributed by atoms with Crippen LogP contribution in [0.15, 0.2) is 12.1 Å².